The van der Waals surface area contributed by atoms with Crippen LogP contribution in [0.4, 0.5) is 0 Å². The molecule has 0 saturated carbocycles. The number of likely N-dealkylation sites (tertiary alicyclic amines) is 1. The van der Waals surface area contributed by atoms with E-state index < -0.39 is 10.0 Å². The molecule has 0 spiro atoms. The van der Waals surface area contributed by atoms with Crippen LogP contribution in [0.3, 0.4) is 0 Å². The summed E-state index contributed by atoms with van der Waals surface area (Å²) in [5, 5.41) is 0. The maximum atomic E-state index is 11.0. The van der Waals surface area contributed by atoms with E-state index in [-0.39, 0.29) is 6.04 Å². The zero-order valence-corrected chi connectivity index (χ0v) is 10.5. The van der Waals surface area contributed by atoms with Crippen molar-refractivity contribution < 1.29 is 8.42 Å². The predicted molar refractivity (Wildman–Crippen MR) is 62.3 cm³/mol. The molecule has 1 fully saturated rings. The van der Waals surface area contributed by atoms with Gasteiger partial charge < -0.3 is 4.90 Å². The Bertz CT molecular complexity index is 269. The van der Waals surface area contributed by atoms with Gasteiger partial charge in [0.2, 0.25) is 10.0 Å². The van der Waals surface area contributed by atoms with Gasteiger partial charge in [-0.1, -0.05) is 13.3 Å². The molecule has 0 bridgehead atoms. The summed E-state index contributed by atoms with van der Waals surface area (Å²) in [6.07, 6.45) is 5.58. The van der Waals surface area contributed by atoms with Gasteiger partial charge >= 0.3 is 0 Å². The SMILES string of the molecule is CCCCN1CCC(NS(C)(=O)=O)CC1. The first-order valence-corrected chi connectivity index (χ1v) is 7.60. The molecular formula is C10H22N2O2S. The lowest BCUT2D eigenvalue weighted by atomic mass is 10.1. The van der Waals surface area contributed by atoms with E-state index >= 15 is 0 Å². The Hall–Kier alpha value is -0.130. The van der Waals surface area contributed by atoms with E-state index in [9.17, 15) is 8.42 Å². The Morgan fingerprint density at radius 1 is 1.33 bits per heavy atom. The van der Waals surface area contributed by atoms with Crippen molar-refractivity contribution in [3.8, 4) is 0 Å². The molecule has 0 aromatic carbocycles. The van der Waals surface area contributed by atoms with E-state index in [0.717, 1.165) is 32.5 Å². The van der Waals surface area contributed by atoms with Crippen molar-refractivity contribution in [2.24, 2.45) is 0 Å². The van der Waals surface area contributed by atoms with Crippen LogP contribution in [0.2, 0.25) is 0 Å². The second-order valence-electron chi connectivity index (χ2n) is 4.36. The summed E-state index contributed by atoms with van der Waals surface area (Å²) in [4.78, 5) is 2.42. The van der Waals surface area contributed by atoms with Crippen molar-refractivity contribution in [1.82, 2.24) is 9.62 Å². The normalized spacial score (nSPS) is 20.7. The van der Waals surface area contributed by atoms with Crippen molar-refractivity contribution in [3.63, 3.8) is 0 Å². The fourth-order valence-electron chi connectivity index (χ4n) is 1.96. The minimum absolute atomic E-state index is 0.151. The second kappa shape index (κ2) is 5.82. The Morgan fingerprint density at radius 2 is 1.93 bits per heavy atom. The maximum Gasteiger partial charge on any atom is 0.208 e. The molecular weight excluding hydrogens is 212 g/mol. The largest absolute Gasteiger partial charge is 0.303 e. The van der Waals surface area contributed by atoms with Crippen LogP contribution in [-0.2, 0) is 10.0 Å². The summed E-state index contributed by atoms with van der Waals surface area (Å²) in [6.45, 7) is 5.39. The molecule has 0 amide bonds. The molecule has 0 aromatic rings. The number of hydrogen-bond donors (Lipinski definition) is 1. The van der Waals surface area contributed by atoms with E-state index in [1.54, 1.807) is 0 Å². The van der Waals surface area contributed by atoms with Gasteiger partial charge in [-0.05, 0) is 38.9 Å². The Kier molecular flexibility index (Phi) is 5.02. The van der Waals surface area contributed by atoms with Gasteiger partial charge in [0.25, 0.3) is 0 Å². The third kappa shape index (κ3) is 5.49. The molecule has 0 aromatic heterocycles. The average Bonchev–Trinajstić information content (AvgIpc) is 2.14. The van der Waals surface area contributed by atoms with Crippen LogP contribution in [0.1, 0.15) is 32.6 Å². The van der Waals surface area contributed by atoms with Crippen LogP contribution >= 0.6 is 0 Å². The zero-order valence-electron chi connectivity index (χ0n) is 9.70. The highest BCUT2D eigenvalue weighted by molar-refractivity contribution is 7.88. The minimum Gasteiger partial charge on any atom is -0.303 e. The van der Waals surface area contributed by atoms with Gasteiger partial charge in [-0.2, -0.15) is 0 Å². The minimum atomic E-state index is -3.03. The van der Waals surface area contributed by atoms with Gasteiger partial charge in [0, 0.05) is 6.04 Å². The van der Waals surface area contributed by atoms with Crippen LogP contribution in [0, 0.1) is 0 Å². The monoisotopic (exact) mass is 234 g/mol. The summed E-state index contributed by atoms with van der Waals surface area (Å²) >= 11 is 0. The average molecular weight is 234 g/mol. The summed E-state index contributed by atoms with van der Waals surface area (Å²) in [5.41, 5.74) is 0. The fourth-order valence-corrected chi connectivity index (χ4v) is 2.80. The highest BCUT2D eigenvalue weighted by atomic mass is 32.2. The lowest BCUT2D eigenvalue weighted by Gasteiger charge is -2.31. The van der Waals surface area contributed by atoms with Crippen molar-refractivity contribution in [1.29, 1.82) is 0 Å². The van der Waals surface area contributed by atoms with Crippen LogP contribution < -0.4 is 4.72 Å². The molecule has 1 rings (SSSR count). The van der Waals surface area contributed by atoms with Crippen molar-refractivity contribution in [2.75, 3.05) is 25.9 Å². The van der Waals surface area contributed by atoms with Crippen LogP contribution in [0.5, 0.6) is 0 Å². The molecule has 0 unspecified atom stereocenters. The number of hydrogen-bond acceptors (Lipinski definition) is 3. The van der Waals surface area contributed by atoms with Gasteiger partial charge in [-0.15, -0.1) is 0 Å². The fraction of sp³-hybridized carbons (Fsp3) is 1.00. The molecule has 0 atom stereocenters. The molecule has 0 radical (unpaired) electrons. The van der Waals surface area contributed by atoms with Crippen LogP contribution in [0.25, 0.3) is 0 Å². The molecule has 1 heterocycles. The molecule has 1 aliphatic rings. The number of sulfonamides is 1. The Morgan fingerprint density at radius 3 is 2.40 bits per heavy atom. The lowest BCUT2D eigenvalue weighted by Crippen LogP contribution is -2.44. The lowest BCUT2D eigenvalue weighted by molar-refractivity contribution is 0.205. The van der Waals surface area contributed by atoms with Gasteiger partial charge in [0.1, 0.15) is 0 Å². The van der Waals surface area contributed by atoms with E-state index in [1.807, 2.05) is 0 Å². The molecule has 1 aliphatic heterocycles. The highest BCUT2D eigenvalue weighted by Crippen LogP contribution is 2.11. The molecule has 90 valence electrons. The summed E-state index contributed by atoms with van der Waals surface area (Å²) in [5.74, 6) is 0. The first-order valence-electron chi connectivity index (χ1n) is 5.71. The first kappa shape index (κ1) is 12.9. The third-order valence-electron chi connectivity index (χ3n) is 2.80. The zero-order chi connectivity index (χ0) is 11.3. The van der Waals surface area contributed by atoms with Crippen LogP contribution in [0.15, 0.2) is 0 Å². The smallest absolute Gasteiger partial charge is 0.208 e. The number of rotatable bonds is 5. The van der Waals surface area contributed by atoms with E-state index in [1.165, 1.54) is 19.1 Å². The third-order valence-corrected chi connectivity index (χ3v) is 3.56. The van der Waals surface area contributed by atoms with Crippen molar-refractivity contribution >= 4 is 10.0 Å². The van der Waals surface area contributed by atoms with Gasteiger partial charge in [0.15, 0.2) is 0 Å². The topological polar surface area (TPSA) is 49.4 Å². The number of nitrogens with zero attached hydrogens (tertiary/aromatic N) is 1. The van der Waals surface area contributed by atoms with Crippen molar-refractivity contribution in [2.45, 2.75) is 38.6 Å². The van der Waals surface area contributed by atoms with E-state index in [0.29, 0.717) is 0 Å². The van der Waals surface area contributed by atoms with Gasteiger partial charge in [-0.25, -0.2) is 13.1 Å². The van der Waals surface area contributed by atoms with Gasteiger partial charge in [0.05, 0.1) is 6.26 Å². The number of piperidine rings is 1. The standard InChI is InChI=1S/C10H22N2O2S/c1-3-4-7-12-8-5-10(6-9-12)11-15(2,13)14/h10-11H,3-9H2,1-2H3. The maximum absolute atomic E-state index is 11.0. The van der Waals surface area contributed by atoms with E-state index in [4.69, 9.17) is 0 Å². The quantitative estimate of drug-likeness (QED) is 0.765. The molecule has 5 heteroatoms. The second-order valence-corrected chi connectivity index (χ2v) is 6.14. The Labute approximate surface area is 93.1 Å². The molecule has 1 N–H and O–H groups in total. The first-order chi connectivity index (χ1) is 7.01. The molecule has 4 nitrogen and oxygen atoms in total. The van der Waals surface area contributed by atoms with Gasteiger partial charge in [-0.3, -0.25) is 0 Å². The van der Waals surface area contributed by atoms with Crippen molar-refractivity contribution in [3.05, 3.63) is 0 Å². The summed E-state index contributed by atoms with van der Waals surface area (Å²) in [6, 6.07) is 0.151. The van der Waals surface area contributed by atoms with E-state index in [2.05, 4.69) is 16.5 Å². The molecule has 1 saturated heterocycles. The van der Waals surface area contributed by atoms with Crippen LogP contribution in [-0.4, -0.2) is 45.2 Å². The predicted octanol–water partition coefficient (Wildman–Crippen LogP) is 0.800. The summed E-state index contributed by atoms with van der Waals surface area (Å²) in [7, 11) is -3.03. The number of nitrogens with one attached hydrogen (secondary N) is 1. The Balaban J connectivity index is 2.24. The summed E-state index contributed by atoms with van der Waals surface area (Å²) < 4.78 is 24.7. The highest BCUT2D eigenvalue weighted by Gasteiger charge is 2.20. The molecule has 15 heavy (non-hydrogen) atoms. The molecule has 0 aliphatic carbocycles. The number of unbranched alkanes of at least 4 members (excludes halogenated alkanes) is 1.